The first-order valence-corrected chi connectivity index (χ1v) is 2.52. The molecule has 0 unspecified atom stereocenters. The number of hydrogen-bond acceptors (Lipinski definition) is 0. The van der Waals surface area contributed by atoms with Gasteiger partial charge in [-0.05, 0) is 0 Å². The van der Waals surface area contributed by atoms with Gasteiger partial charge in [-0.25, -0.2) is 0 Å². The minimum Gasteiger partial charge on any atom is -0.337 e. The molecule has 0 N–H and O–H groups in total. The van der Waals surface area contributed by atoms with Gasteiger partial charge in [0.1, 0.15) is 0 Å². The zero-order valence-corrected chi connectivity index (χ0v) is 6.20. The van der Waals surface area contributed by atoms with Gasteiger partial charge in [-0.1, -0.05) is 26.3 Å². The second kappa shape index (κ2) is 4.24. The molecule has 0 saturated carbocycles. The summed E-state index contributed by atoms with van der Waals surface area (Å²) in [7, 11) is 0. The third-order valence-electron chi connectivity index (χ3n) is 0.697. The van der Waals surface area contributed by atoms with E-state index in [0.717, 1.165) is 6.42 Å². The van der Waals surface area contributed by atoms with Gasteiger partial charge in [0.05, 0.1) is 0 Å². The van der Waals surface area contributed by atoms with Crippen molar-refractivity contribution in [1.82, 2.24) is 0 Å². The van der Waals surface area contributed by atoms with E-state index in [1.807, 2.05) is 6.08 Å². The molecule has 0 nitrogen and oxygen atoms in total. The average molecular weight is 104 g/mol. The molecule has 0 aromatic heterocycles. The first-order chi connectivity index (χ1) is 3.06. The van der Waals surface area contributed by atoms with E-state index in [0.29, 0.717) is 0 Å². The number of hydrogen-bond donors (Lipinski definition) is 0. The van der Waals surface area contributed by atoms with Crippen molar-refractivity contribution in [3.8, 4) is 0 Å². The third kappa shape index (κ3) is 9.60. The van der Waals surface area contributed by atoms with Gasteiger partial charge >= 0.3 is 18.9 Å². The first-order valence-electron chi connectivity index (χ1n) is 2.52. The molecule has 0 spiro atoms. The van der Waals surface area contributed by atoms with Crippen LogP contribution in [-0.2, 0) is 0 Å². The Bertz CT molecular complexity index is 59.3. The summed E-state index contributed by atoms with van der Waals surface area (Å²) in [4.78, 5) is 0. The van der Waals surface area contributed by atoms with Crippen LogP contribution in [0.2, 0.25) is 0 Å². The van der Waals surface area contributed by atoms with Crippen LogP contribution in [0.25, 0.3) is 0 Å². The zero-order chi connectivity index (χ0) is 5.91. The zero-order valence-electron chi connectivity index (χ0n) is 6.20. The Labute approximate surface area is 64.5 Å². The third-order valence-corrected chi connectivity index (χ3v) is 0.697. The van der Waals surface area contributed by atoms with Crippen molar-refractivity contribution < 1.29 is 18.9 Å². The Morgan fingerprint density at radius 1 is 1.62 bits per heavy atom. The van der Waals surface area contributed by atoms with Crippen LogP contribution in [0.3, 0.4) is 0 Å². The molecule has 0 heterocycles. The van der Waals surface area contributed by atoms with Crippen LogP contribution in [0.5, 0.6) is 0 Å². The minimum absolute atomic E-state index is 0. The summed E-state index contributed by atoms with van der Waals surface area (Å²) >= 11 is 0. The van der Waals surface area contributed by atoms with Crippen molar-refractivity contribution >= 4 is 0 Å². The van der Waals surface area contributed by atoms with Crippen LogP contribution in [0.4, 0.5) is 0 Å². The van der Waals surface area contributed by atoms with Crippen LogP contribution >= 0.6 is 0 Å². The molecule has 0 saturated heterocycles. The van der Waals surface area contributed by atoms with Crippen molar-refractivity contribution in [2.75, 3.05) is 0 Å². The number of rotatable bonds is 2. The van der Waals surface area contributed by atoms with Gasteiger partial charge in [0, 0.05) is 0 Å². The predicted molar refractivity (Wildman–Crippen MR) is 34.0 cm³/mol. The monoisotopic (exact) mass is 104 g/mol. The van der Waals surface area contributed by atoms with Gasteiger partial charge in [-0.15, -0.1) is 6.58 Å². The van der Waals surface area contributed by atoms with Crippen LogP contribution in [0, 0.1) is 12.3 Å². The molecule has 0 aliphatic heterocycles. The van der Waals surface area contributed by atoms with E-state index >= 15 is 0 Å². The van der Waals surface area contributed by atoms with Crippen LogP contribution < -0.4 is 18.9 Å². The van der Waals surface area contributed by atoms with Crippen molar-refractivity contribution in [3.63, 3.8) is 0 Å². The number of allylic oxidation sites excluding steroid dienone is 1. The maximum absolute atomic E-state index is 3.89. The normalized spacial score (nSPS) is 9.88. The van der Waals surface area contributed by atoms with E-state index in [2.05, 4.69) is 27.4 Å². The molecule has 0 fully saturated rings. The minimum atomic E-state index is 0. The van der Waals surface area contributed by atoms with E-state index in [4.69, 9.17) is 0 Å². The second-order valence-electron chi connectivity index (χ2n) is 2.66. The molecular formula is C7H13Li. The summed E-state index contributed by atoms with van der Waals surface area (Å²) < 4.78 is 0. The van der Waals surface area contributed by atoms with Gasteiger partial charge < -0.3 is 6.92 Å². The van der Waals surface area contributed by atoms with E-state index < -0.39 is 0 Å². The molecule has 8 heavy (non-hydrogen) atoms. The SMILES string of the molecule is C=CCC([CH2-])(C)C.[Li+]. The molecule has 0 radical (unpaired) electrons. The van der Waals surface area contributed by atoms with Gasteiger partial charge in [-0.2, -0.15) is 5.41 Å². The Morgan fingerprint density at radius 2 is 2.00 bits per heavy atom. The standard InChI is InChI=1S/C7H13.Li/c1-5-6-7(2,3)4;/h5H,1-2,6H2,3-4H3;/q-1;+1. The van der Waals surface area contributed by atoms with Gasteiger partial charge in [0.25, 0.3) is 0 Å². The Morgan fingerprint density at radius 3 is 2.00 bits per heavy atom. The van der Waals surface area contributed by atoms with E-state index in [-0.39, 0.29) is 24.3 Å². The van der Waals surface area contributed by atoms with E-state index in [1.165, 1.54) is 0 Å². The molecule has 0 aromatic rings. The molecule has 0 aliphatic rings. The fourth-order valence-electron chi connectivity index (χ4n) is 0.391. The van der Waals surface area contributed by atoms with Crippen LogP contribution in [0.15, 0.2) is 12.7 Å². The quantitative estimate of drug-likeness (QED) is 0.250. The fourth-order valence-corrected chi connectivity index (χ4v) is 0.391. The Hall–Kier alpha value is 0.337. The van der Waals surface area contributed by atoms with Gasteiger partial charge in [0.2, 0.25) is 0 Å². The fraction of sp³-hybridized carbons (Fsp3) is 0.571. The van der Waals surface area contributed by atoms with Crippen molar-refractivity contribution in [3.05, 3.63) is 19.6 Å². The summed E-state index contributed by atoms with van der Waals surface area (Å²) in [6.45, 7) is 11.7. The molecule has 1 heteroatoms. The summed E-state index contributed by atoms with van der Waals surface area (Å²) in [6, 6.07) is 0. The van der Waals surface area contributed by atoms with Crippen LogP contribution in [0.1, 0.15) is 20.3 Å². The summed E-state index contributed by atoms with van der Waals surface area (Å²) in [5, 5.41) is 0. The van der Waals surface area contributed by atoms with Crippen molar-refractivity contribution in [2.24, 2.45) is 5.41 Å². The van der Waals surface area contributed by atoms with E-state index in [9.17, 15) is 0 Å². The first kappa shape index (κ1) is 11.2. The molecule has 0 amide bonds. The Kier molecular flexibility index (Phi) is 5.92. The molecule has 0 aliphatic carbocycles. The van der Waals surface area contributed by atoms with Crippen molar-refractivity contribution in [2.45, 2.75) is 20.3 Å². The maximum atomic E-state index is 3.89. The largest absolute Gasteiger partial charge is 1.00 e. The predicted octanol–water partition coefficient (Wildman–Crippen LogP) is -0.573. The molecule has 0 bridgehead atoms. The van der Waals surface area contributed by atoms with Gasteiger partial charge in [-0.3, -0.25) is 0 Å². The molecule has 0 atom stereocenters. The van der Waals surface area contributed by atoms with Crippen molar-refractivity contribution in [1.29, 1.82) is 0 Å². The molecule has 0 aromatic carbocycles. The summed E-state index contributed by atoms with van der Waals surface area (Å²) in [5.41, 5.74) is 0.182. The van der Waals surface area contributed by atoms with E-state index in [1.54, 1.807) is 0 Å². The second-order valence-corrected chi connectivity index (χ2v) is 2.66. The topological polar surface area (TPSA) is 0 Å². The maximum Gasteiger partial charge on any atom is 1.00 e. The average Bonchev–Trinajstić information content (AvgIpc) is 1.30. The smallest absolute Gasteiger partial charge is 0.337 e. The molecule has 0 rings (SSSR count). The Balaban J connectivity index is 0. The summed E-state index contributed by atoms with van der Waals surface area (Å²) in [5.74, 6) is 0. The van der Waals surface area contributed by atoms with Gasteiger partial charge in [0.15, 0.2) is 0 Å². The molecular weight excluding hydrogens is 91.0 g/mol. The summed E-state index contributed by atoms with van der Waals surface area (Å²) in [6.07, 6.45) is 2.89. The molecule has 42 valence electrons. The van der Waals surface area contributed by atoms with Crippen LogP contribution in [-0.4, -0.2) is 0 Å².